The first kappa shape index (κ1) is 15.3. The lowest BCUT2D eigenvalue weighted by molar-refractivity contribution is -0.159. The van der Waals surface area contributed by atoms with E-state index >= 15 is 0 Å². The van der Waals surface area contributed by atoms with Crippen molar-refractivity contribution in [3.8, 4) is 0 Å². The Morgan fingerprint density at radius 2 is 2.05 bits per heavy atom. The predicted octanol–water partition coefficient (Wildman–Crippen LogP) is 1.96. The number of nitrogens with one attached hydrogen (secondary N) is 1. The molecule has 0 aromatic heterocycles. The summed E-state index contributed by atoms with van der Waals surface area (Å²) in [7, 11) is 0. The van der Waals surface area contributed by atoms with Crippen molar-refractivity contribution in [3.05, 3.63) is 29.8 Å². The highest BCUT2D eigenvalue weighted by molar-refractivity contribution is 5.90. The van der Waals surface area contributed by atoms with Crippen LogP contribution in [0.2, 0.25) is 0 Å². The maximum absolute atomic E-state index is 12.1. The van der Waals surface area contributed by atoms with Gasteiger partial charge in [-0.15, -0.1) is 0 Å². The molecule has 0 bridgehead atoms. The molecule has 0 spiro atoms. The third kappa shape index (κ3) is 3.72. The largest absolute Gasteiger partial charge is 0.480 e. The van der Waals surface area contributed by atoms with Crippen molar-refractivity contribution in [2.75, 3.05) is 25.0 Å². The van der Waals surface area contributed by atoms with E-state index in [2.05, 4.69) is 5.32 Å². The quantitative estimate of drug-likeness (QED) is 0.869. The number of para-hydroxylation sites is 1. The van der Waals surface area contributed by atoms with Crippen LogP contribution in [0.3, 0.4) is 0 Å². The average molecular weight is 292 g/mol. The lowest BCUT2D eigenvalue weighted by Crippen LogP contribution is -2.64. The number of urea groups is 1. The van der Waals surface area contributed by atoms with Crippen molar-refractivity contribution in [2.24, 2.45) is 0 Å². The van der Waals surface area contributed by atoms with Gasteiger partial charge in [0.2, 0.25) is 0 Å². The molecule has 1 saturated heterocycles. The first-order chi connectivity index (χ1) is 9.93. The summed E-state index contributed by atoms with van der Waals surface area (Å²) in [4.78, 5) is 24.2. The molecule has 0 radical (unpaired) electrons. The monoisotopic (exact) mass is 292 g/mol. The van der Waals surface area contributed by atoms with Crippen LogP contribution in [0.5, 0.6) is 0 Å². The van der Waals surface area contributed by atoms with Crippen molar-refractivity contribution in [1.82, 2.24) is 4.90 Å². The van der Waals surface area contributed by atoms with E-state index in [0.717, 1.165) is 17.7 Å². The van der Waals surface area contributed by atoms with Gasteiger partial charge < -0.3 is 20.1 Å². The molecule has 1 aliphatic heterocycles. The van der Waals surface area contributed by atoms with Gasteiger partial charge in [0.25, 0.3) is 0 Å². The van der Waals surface area contributed by atoms with Gasteiger partial charge in [0.15, 0.2) is 0 Å². The van der Waals surface area contributed by atoms with Crippen molar-refractivity contribution in [1.29, 1.82) is 0 Å². The van der Waals surface area contributed by atoms with Crippen LogP contribution in [0.15, 0.2) is 24.3 Å². The van der Waals surface area contributed by atoms with Crippen LogP contribution in [0, 0.1) is 0 Å². The van der Waals surface area contributed by atoms with Gasteiger partial charge in [-0.2, -0.15) is 0 Å². The van der Waals surface area contributed by atoms with E-state index in [-0.39, 0.29) is 12.6 Å². The number of amides is 2. The Kier molecular flexibility index (Phi) is 4.47. The van der Waals surface area contributed by atoms with E-state index in [0.29, 0.717) is 13.1 Å². The van der Waals surface area contributed by atoms with E-state index in [4.69, 9.17) is 9.84 Å². The van der Waals surface area contributed by atoms with Crippen LogP contribution in [-0.4, -0.2) is 47.3 Å². The summed E-state index contributed by atoms with van der Waals surface area (Å²) in [6.07, 6.45) is 0.843. The van der Waals surface area contributed by atoms with Crippen molar-refractivity contribution in [3.63, 3.8) is 0 Å². The van der Waals surface area contributed by atoms with Gasteiger partial charge in [0.1, 0.15) is 12.2 Å². The van der Waals surface area contributed by atoms with Gasteiger partial charge in [0, 0.05) is 5.69 Å². The number of nitrogens with zero attached hydrogens (tertiary/aromatic N) is 1. The second-order valence-corrected chi connectivity index (χ2v) is 5.43. The number of hydrogen-bond acceptors (Lipinski definition) is 3. The number of anilines is 1. The molecule has 0 unspecified atom stereocenters. The number of carboxylic acids is 1. The van der Waals surface area contributed by atoms with E-state index in [1.807, 2.05) is 31.2 Å². The number of aliphatic carboxylic acids is 1. The zero-order chi connectivity index (χ0) is 15.5. The molecule has 6 heteroatoms. The summed E-state index contributed by atoms with van der Waals surface area (Å²) in [5, 5.41) is 11.5. The number of aryl methyl sites for hydroxylation is 1. The molecule has 0 aliphatic carbocycles. The lowest BCUT2D eigenvalue weighted by atomic mass is 9.97. The van der Waals surface area contributed by atoms with Crippen LogP contribution in [-0.2, 0) is 16.0 Å². The van der Waals surface area contributed by atoms with E-state index in [1.54, 1.807) is 11.8 Å². The first-order valence-corrected chi connectivity index (χ1v) is 6.93. The molecule has 21 heavy (non-hydrogen) atoms. The molecule has 2 N–H and O–H groups in total. The molecule has 1 fully saturated rings. The molecule has 1 aliphatic rings. The fourth-order valence-corrected chi connectivity index (χ4v) is 2.38. The van der Waals surface area contributed by atoms with E-state index in [9.17, 15) is 9.59 Å². The Morgan fingerprint density at radius 3 is 2.67 bits per heavy atom. The van der Waals surface area contributed by atoms with Gasteiger partial charge in [0.05, 0.1) is 13.1 Å². The number of ether oxygens (including phenoxy) is 1. The smallest absolute Gasteiger partial charge is 0.329 e. The molecule has 6 nitrogen and oxygen atoms in total. The Morgan fingerprint density at radius 1 is 1.38 bits per heavy atom. The average Bonchev–Trinajstić information content (AvgIpc) is 2.42. The summed E-state index contributed by atoms with van der Waals surface area (Å²) < 4.78 is 5.28. The number of rotatable bonds is 5. The van der Waals surface area contributed by atoms with E-state index in [1.165, 1.54) is 0 Å². The van der Waals surface area contributed by atoms with Crippen molar-refractivity contribution in [2.45, 2.75) is 25.9 Å². The van der Waals surface area contributed by atoms with Crippen LogP contribution in [0.25, 0.3) is 0 Å². The van der Waals surface area contributed by atoms with Crippen molar-refractivity contribution >= 4 is 17.7 Å². The van der Waals surface area contributed by atoms with Crippen LogP contribution in [0.1, 0.15) is 19.4 Å². The number of carbonyl (C=O) groups excluding carboxylic acids is 1. The van der Waals surface area contributed by atoms with Gasteiger partial charge in [-0.25, -0.2) is 9.59 Å². The highest BCUT2D eigenvalue weighted by Crippen LogP contribution is 2.26. The number of carboxylic acid groups (broad SMARTS) is 1. The van der Waals surface area contributed by atoms with Gasteiger partial charge in [-0.05, 0) is 25.0 Å². The Labute approximate surface area is 123 Å². The predicted molar refractivity (Wildman–Crippen MR) is 78.4 cm³/mol. The molecule has 0 atom stereocenters. The zero-order valence-electron chi connectivity index (χ0n) is 12.3. The fourth-order valence-electron chi connectivity index (χ4n) is 2.38. The lowest BCUT2D eigenvalue weighted by Gasteiger charge is -2.47. The van der Waals surface area contributed by atoms with Gasteiger partial charge >= 0.3 is 12.0 Å². The summed E-state index contributed by atoms with van der Waals surface area (Å²) in [6, 6.07) is 7.48. The molecule has 0 saturated carbocycles. The summed E-state index contributed by atoms with van der Waals surface area (Å²) in [5.74, 6) is -1.00. The SMILES string of the molecule is CCc1ccccc1NC(=O)N1CC(C)(OCC(=O)O)C1. The van der Waals surface area contributed by atoms with Crippen LogP contribution in [0.4, 0.5) is 10.5 Å². The summed E-state index contributed by atoms with van der Waals surface area (Å²) in [6.45, 7) is 4.27. The summed E-state index contributed by atoms with van der Waals surface area (Å²) in [5.41, 5.74) is 1.32. The standard InChI is InChI=1S/C15H20N2O4/c1-3-11-6-4-5-7-12(11)16-14(20)17-9-15(2,10-17)21-8-13(18)19/h4-7H,3,8-10H2,1-2H3,(H,16,20)(H,18,19). The minimum absolute atomic E-state index is 0.188. The second-order valence-electron chi connectivity index (χ2n) is 5.43. The number of likely N-dealkylation sites (tertiary alicyclic amines) is 1. The Balaban J connectivity index is 1.88. The normalized spacial score (nSPS) is 16.2. The van der Waals surface area contributed by atoms with Crippen LogP contribution < -0.4 is 5.32 Å². The minimum atomic E-state index is -1.00. The van der Waals surface area contributed by atoms with Gasteiger partial charge in [-0.1, -0.05) is 25.1 Å². The third-order valence-electron chi connectivity index (χ3n) is 3.52. The maximum Gasteiger partial charge on any atom is 0.329 e. The molecule has 2 amide bonds. The molecule has 1 aromatic carbocycles. The van der Waals surface area contributed by atoms with E-state index < -0.39 is 11.6 Å². The highest BCUT2D eigenvalue weighted by Gasteiger charge is 2.42. The molecule has 2 rings (SSSR count). The molecule has 1 aromatic rings. The topological polar surface area (TPSA) is 78.9 Å². The van der Waals surface area contributed by atoms with Gasteiger partial charge in [-0.3, -0.25) is 0 Å². The second kappa shape index (κ2) is 6.13. The fraction of sp³-hybridized carbons (Fsp3) is 0.467. The van der Waals surface area contributed by atoms with Crippen molar-refractivity contribution < 1.29 is 19.4 Å². The highest BCUT2D eigenvalue weighted by atomic mass is 16.5. The Hall–Kier alpha value is -2.08. The zero-order valence-corrected chi connectivity index (χ0v) is 12.3. The van der Waals surface area contributed by atoms with Crippen LogP contribution >= 0.6 is 0 Å². The maximum atomic E-state index is 12.1. The molecule has 1 heterocycles. The third-order valence-corrected chi connectivity index (χ3v) is 3.52. The molecule has 114 valence electrons. The Bertz CT molecular complexity index is 538. The number of carbonyl (C=O) groups is 2. The molecular formula is C15H20N2O4. The summed E-state index contributed by atoms with van der Waals surface area (Å²) >= 11 is 0. The molecular weight excluding hydrogens is 272 g/mol. The first-order valence-electron chi connectivity index (χ1n) is 6.93. The minimum Gasteiger partial charge on any atom is -0.480 e. The number of benzene rings is 1. The number of hydrogen-bond donors (Lipinski definition) is 2.